The van der Waals surface area contributed by atoms with E-state index in [-0.39, 0.29) is 6.61 Å². The summed E-state index contributed by atoms with van der Waals surface area (Å²) in [5.41, 5.74) is -0.639. The van der Waals surface area contributed by atoms with E-state index in [1.54, 1.807) is 6.20 Å². The van der Waals surface area contributed by atoms with Crippen LogP contribution < -0.4 is 0 Å². The molecule has 108 valence electrons. The van der Waals surface area contributed by atoms with Gasteiger partial charge in [-0.25, -0.2) is 13.6 Å². The van der Waals surface area contributed by atoms with Crippen molar-refractivity contribution in [1.29, 1.82) is 0 Å². The Labute approximate surface area is 111 Å². The molecule has 19 heavy (non-hydrogen) atoms. The Morgan fingerprint density at radius 2 is 1.79 bits per heavy atom. The third-order valence-electron chi connectivity index (χ3n) is 2.33. The van der Waals surface area contributed by atoms with E-state index in [9.17, 15) is 18.4 Å². The quantitative estimate of drug-likeness (QED) is 0.224. The summed E-state index contributed by atoms with van der Waals surface area (Å²) in [5, 5.41) is 0. The molecule has 0 aromatic heterocycles. The van der Waals surface area contributed by atoms with Gasteiger partial charge in [0.25, 0.3) is 0 Å². The van der Waals surface area contributed by atoms with Gasteiger partial charge < -0.3 is 9.64 Å². The number of ketones is 1. The number of allylic oxidation sites excluding steroid dienone is 2. The number of carbonyl (C=O) groups is 2. The van der Waals surface area contributed by atoms with Crippen LogP contribution in [0.4, 0.5) is 8.78 Å². The number of carbonyl (C=O) groups excluding carboxylic acids is 2. The van der Waals surface area contributed by atoms with Crippen LogP contribution in [0.3, 0.4) is 0 Å². The van der Waals surface area contributed by atoms with Crippen LogP contribution in [-0.2, 0) is 14.3 Å². The van der Waals surface area contributed by atoms with Crippen molar-refractivity contribution in [2.45, 2.75) is 27.2 Å². The summed E-state index contributed by atoms with van der Waals surface area (Å²) >= 11 is 0. The van der Waals surface area contributed by atoms with Gasteiger partial charge in [-0.3, -0.25) is 4.79 Å². The SMILES string of the molecule is CCOC(=O)C(=CC=CN(CC)CC)C(=O)C(F)F. The summed E-state index contributed by atoms with van der Waals surface area (Å²) in [6.45, 7) is 6.87. The van der Waals surface area contributed by atoms with Gasteiger partial charge in [0, 0.05) is 13.1 Å². The fourth-order valence-corrected chi connectivity index (χ4v) is 1.27. The fourth-order valence-electron chi connectivity index (χ4n) is 1.27. The molecule has 0 rings (SSSR count). The molecule has 0 aliphatic heterocycles. The number of halogens is 2. The van der Waals surface area contributed by atoms with Crippen LogP contribution in [-0.4, -0.2) is 42.8 Å². The molecule has 0 bridgehead atoms. The predicted octanol–water partition coefficient (Wildman–Crippen LogP) is 2.17. The highest BCUT2D eigenvalue weighted by Gasteiger charge is 2.26. The summed E-state index contributed by atoms with van der Waals surface area (Å²) in [7, 11) is 0. The fraction of sp³-hybridized carbons (Fsp3) is 0.538. The number of hydrogen-bond acceptors (Lipinski definition) is 4. The molecule has 0 aromatic carbocycles. The van der Waals surface area contributed by atoms with Crippen molar-refractivity contribution in [3.05, 3.63) is 23.9 Å². The second-order valence-electron chi connectivity index (χ2n) is 3.53. The molecule has 0 heterocycles. The van der Waals surface area contributed by atoms with Crippen molar-refractivity contribution in [1.82, 2.24) is 4.90 Å². The van der Waals surface area contributed by atoms with Gasteiger partial charge in [-0.2, -0.15) is 0 Å². The Balaban J connectivity index is 5.03. The van der Waals surface area contributed by atoms with Crippen LogP contribution >= 0.6 is 0 Å². The smallest absolute Gasteiger partial charge is 0.341 e. The Morgan fingerprint density at radius 3 is 2.21 bits per heavy atom. The van der Waals surface area contributed by atoms with Crippen LogP contribution in [0.2, 0.25) is 0 Å². The summed E-state index contributed by atoms with van der Waals surface area (Å²) < 4.78 is 29.3. The summed E-state index contributed by atoms with van der Waals surface area (Å²) in [4.78, 5) is 24.5. The molecule has 0 spiro atoms. The predicted molar refractivity (Wildman–Crippen MR) is 67.8 cm³/mol. The van der Waals surface area contributed by atoms with Crippen molar-refractivity contribution < 1.29 is 23.1 Å². The summed E-state index contributed by atoms with van der Waals surface area (Å²) in [5.74, 6) is -2.56. The molecule has 0 N–H and O–H groups in total. The zero-order valence-corrected chi connectivity index (χ0v) is 11.4. The lowest BCUT2D eigenvalue weighted by Gasteiger charge is -2.14. The number of Topliss-reactive ketones (excluding diaryl/α,β-unsaturated/α-hetero) is 1. The van der Waals surface area contributed by atoms with E-state index in [4.69, 9.17) is 0 Å². The third-order valence-corrected chi connectivity index (χ3v) is 2.33. The topological polar surface area (TPSA) is 46.6 Å². The van der Waals surface area contributed by atoms with Crippen molar-refractivity contribution in [3.8, 4) is 0 Å². The monoisotopic (exact) mass is 275 g/mol. The van der Waals surface area contributed by atoms with E-state index in [0.717, 1.165) is 19.2 Å². The molecule has 0 aromatic rings. The lowest BCUT2D eigenvalue weighted by atomic mass is 10.1. The number of ether oxygens (including phenoxy) is 1. The number of rotatable bonds is 8. The van der Waals surface area contributed by atoms with Gasteiger partial charge in [0.05, 0.1) is 6.61 Å². The van der Waals surface area contributed by atoms with Crippen molar-refractivity contribution in [2.75, 3.05) is 19.7 Å². The van der Waals surface area contributed by atoms with Gasteiger partial charge in [-0.05, 0) is 39.1 Å². The summed E-state index contributed by atoms with van der Waals surface area (Å²) in [6.07, 6.45) is 0.847. The van der Waals surface area contributed by atoms with E-state index in [2.05, 4.69) is 4.74 Å². The van der Waals surface area contributed by atoms with Gasteiger partial charge in [-0.15, -0.1) is 0 Å². The molecular weight excluding hydrogens is 256 g/mol. The average Bonchev–Trinajstić information content (AvgIpc) is 2.38. The first-order valence-corrected chi connectivity index (χ1v) is 6.09. The first kappa shape index (κ1) is 17.3. The molecule has 0 saturated heterocycles. The molecular formula is C13H19F2NO3. The number of hydrogen-bond donors (Lipinski definition) is 0. The highest BCUT2D eigenvalue weighted by atomic mass is 19.3. The summed E-state index contributed by atoms with van der Waals surface area (Å²) in [6, 6.07) is 0. The first-order valence-electron chi connectivity index (χ1n) is 6.09. The Morgan fingerprint density at radius 1 is 1.21 bits per heavy atom. The molecule has 0 aliphatic carbocycles. The minimum atomic E-state index is -3.22. The Bertz CT molecular complexity index is 361. The number of nitrogens with zero attached hydrogens (tertiary/aromatic N) is 1. The highest BCUT2D eigenvalue weighted by molar-refractivity contribution is 6.18. The normalized spacial score (nSPS) is 12.0. The molecule has 0 radical (unpaired) electrons. The van der Waals surface area contributed by atoms with Gasteiger partial charge in [0.1, 0.15) is 5.57 Å². The molecule has 0 saturated carbocycles. The van der Waals surface area contributed by atoms with Gasteiger partial charge >= 0.3 is 12.4 Å². The van der Waals surface area contributed by atoms with Crippen molar-refractivity contribution in [3.63, 3.8) is 0 Å². The molecule has 0 fully saturated rings. The molecule has 6 heteroatoms. The van der Waals surface area contributed by atoms with Crippen LogP contribution in [0.15, 0.2) is 23.9 Å². The maximum absolute atomic E-state index is 12.4. The lowest BCUT2D eigenvalue weighted by Crippen LogP contribution is -2.21. The number of esters is 1. The van der Waals surface area contributed by atoms with E-state index >= 15 is 0 Å². The van der Waals surface area contributed by atoms with Gasteiger partial charge in [0.15, 0.2) is 0 Å². The van der Waals surface area contributed by atoms with Crippen LogP contribution in [0.1, 0.15) is 20.8 Å². The zero-order chi connectivity index (χ0) is 14.8. The van der Waals surface area contributed by atoms with Crippen LogP contribution in [0.5, 0.6) is 0 Å². The molecule has 0 aliphatic rings. The van der Waals surface area contributed by atoms with E-state index in [1.165, 1.54) is 13.0 Å². The molecule has 0 atom stereocenters. The molecule has 0 amide bonds. The molecule has 0 unspecified atom stereocenters. The Kier molecular flexibility index (Phi) is 8.41. The average molecular weight is 275 g/mol. The van der Waals surface area contributed by atoms with Crippen molar-refractivity contribution in [2.24, 2.45) is 0 Å². The van der Waals surface area contributed by atoms with Crippen LogP contribution in [0.25, 0.3) is 0 Å². The number of alkyl halides is 2. The minimum absolute atomic E-state index is 0.0203. The molecule has 4 nitrogen and oxygen atoms in total. The first-order chi connectivity index (χ1) is 8.97. The second-order valence-corrected chi connectivity index (χ2v) is 3.53. The van der Waals surface area contributed by atoms with E-state index < -0.39 is 23.8 Å². The van der Waals surface area contributed by atoms with E-state index in [1.807, 2.05) is 18.7 Å². The standard InChI is InChI=1S/C13H19F2NO3/c1-4-16(5-2)9-7-8-10(11(17)12(14)15)13(18)19-6-3/h7-9,12H,4-6H2,1-3H3. The van der Waals surface area contributed by atoms with Crippen LogP contribution in [0, 0.1) is 0 Å². The maximum atomic E-state index is 12.4. The highest BCUT2D eigenvalue weighted by Crippen LogP contribution is 2.08. The second kappa shape index (κ2) is 9.24. The van der Waals surface area contributed by atoms with Gasteiger partial charge in [0.2, 0.25) is 5.78 Å². The van der Waals surface area contributed by atoms with Crippen molar-refractivity contribution >= 4 is 11.8 Å². The zero-order valence-electron chi connectivity index (χ0n) is 11.4. The Hall–Kier alpha value is -1.72. The lowest BCUT2D eigenvalue weighted by molar-refractivity contribution is -0.141. The minimum Gasteiger partial charge on any atom is -0.462 e. The largest absolute Gasteiger partial charge is 0.462 e. The maximum Gasteiger partial charge on any atom is 0.341 e. The third kappa shape index (κ3) is 6.13. The van der Waals surface area contributed by atoms with Gasteiger partial charge in [-0.1, -0.05) is 0 Å². The van der Waals surface area contributed by atoms with E-state index in [0.29, 0.717) is 0 Å².